The Kier molecular flexibility index (Phi) is 4.52. The molecule has 0 aromatic heterocycles. The quantitative estimate of drug-likeness (QED) is 0.834. The molecule has 0 spiro atoms. The fraction of sp³-hybridized carbons (Fsp3) is 0.467. The summed E-state index contributed by atoms with van der Waals surface area (Å²) in [4.78, 5) is 18.7. The van der Waals surface area contributed by atoms with Gasteiger partial charge in [0.2, 0.25) is 0 Å². The van der Waals surface area contributed by atoms with Crippen LogP contribution in [-0.4, -0.2) is 55.0 Å². The van der Waals surface area contributed by atoms with E-state index in [-0.39, 0.29) is 19.3 Å². The summed E-state index contributed by atoms with van der Waals surface area (Å²) in [6, 6.07) is 5.46. The number of hydrogen-bond donors (Lipinski definition) is 2. The van der Waals surface area contributed by atoms with Crippen LogP contribution in [0.4, 0.5) is 4.79 Å². The van der Waals surface area contributed by atoms with Crippen molar-refractivity contribution < 1.29 is 24.2 Å². The van der Waals surface area contributed by atoms with E-state index in [2.05, 4.69) is 10.5 Å². The number of carbonyl (C=O) groups is 1. The maximum absolute atomic E-state index is 11.6. The van der Waals surface area contributed by atoms with E-state index >= 15 is 0 Å². The van der Waals surface area contributed by atoms with Crippen LogP contribution in [0.3, 0.4) is 0 Å². The number of benzene rings is 1. The van der Waals surface area contributed by atoms with E-state index < -0.39 is 6.09 Å². The maximum Gasteiger partial charge on any atom is 0.407 e. The average Bonchev–Trinajstić information content (AvgIpc) is 3.19. The molecule has 2 aliphatic heterocycles. The summed E-state index contributed by atoms with van der Waals surface area (Å²) in [5, 5.41) is 15.4. The van der Waals surface area contributed by atoms with Gasteiger partial charge in [0, 0.05) is 17.7 Å². The number of aliphatic hydroxyl groups excluding tert-OH is 1. The van der Waals surface area contributed by atoms with Gasteiger partial charge in [-0.25, -0.2) is 4.79 Å². The number of rotatable bonds is 5. The Morgan fingerprint density at radius 1 is 1.57 bits per heavy atom. The van der Waals surface area contributed by atoms with Gasteiger partial charge in [-0.05, 0) is 13.0 Å². The van der Waals surface area contributed by atoms with Crippen molar-refractivity contribution in [1.29, 1.82) is 0 Å². The third-order valence-corrected chi connectivity index (χ3v) is 3.72. The van der Waals surface area contributed by atoms with Crippen molar-refractivity contribution in [3.63, 3.8) is 0 Å². The first-order chi connectivity index (χ1) is 11.2. The summed E-state index contributed by atoms with van der Waals surface area (Å²) in [5.74, 6) is 1.48. The highest BCUT2D eigenvalue weighted by Gasteiger charge is 2.28. The first kappa shape index (κ1) is 15.4. The molecule has 0 radical (unpaired) electrons. The lowest BCUT2D eigenvalue weighted by molar-refractivity contribution is 0.112. The van der Waals surface area contributed by atoms with Crippen molar-refractivity contribution in [3.05, 3.63) is 29.3 Å². The van der Waals surface area contributed by atoms with Crippen LogP contribution in [0.1, 0.15) is 24.1 Å². The predicted molar refractivity (Wildman–Crippen MR) is 81.1 cm³/mol. The molecule has 0 bridgehead atoms. The number of nitrogens with zero attached hydrogens (tertiary/aromatic N) is 2. The van der Waals surface area contributed by atoms with Gasteiger partial charge < -0.3 is 29.6 Å². The van der Waals surface area contributed by atoms with Gasteiger partial charge in [-0.15, -0.1) is 0 Å². The van der Waals surface area contributed by atoms with Crippen LogP contribution in [0.15, 0.2) is 23.4 Å². The van der Waals surface area contributed by atoms with Gasteiger partial charge in [0.1, 0.15) is 19.0 Å². The standard InChI is InChI=1S/C15H19N3O5/c1-2-18-9-23-17-14(18)10-3-4-11-12(8-22-13(11)7-10)16-15(20)21-6-5-19/h3-4,7,12,19H,2,5-6,8-9H2,1H3,(H,16,20)/t12-/m1/s1. The topological polar surface area (TPSA) is 92.6 Å². The third-order valence-electron chi connectivity index (χ3n) is 3.72. The molecule has 0 saturated heterocycles. The molecule has 1 amide bonds. The highest BCUT2D eigenvalue weighted by molar-refractivity contribution is 5.99. The minimum atomic E-state index is -0.574. The van der Waals surface area contributed by atoms with Crippen LogP contribution in [0, 0.1) is 0 Å². The van der Waals surface area contributed by atoms with E-state index in [1.807, 2.05) is 30.0 Å². The lowest BCUT2D eigenvalue weighted by atomic mass is 10.1. The molecule has 1 atom stereocenters. The van der Waals surface area contributed by atoms with Crippen LogP contribution in [0.5, 0.6) is 5.75 Å². The largest absolute Gasteiger partial charge is 0.491 e. The summed E-state index contributed by atoms with van der Waals surface area (Å²) in [6.45, 7) is 3.40. The van der Waals surface area contributed by atoms with Crippen LogP contribution >= 0.6 is 0 Å². The number of carbonyl (C=O) groups excluding carboxylic acids is 1. The van der Waals surface area contributed by atoms with Crippen molar-refractivity contribution in [1.82, 2.24) is 10.2 Å². The number of fused-ring (bicyclic) bond motifs is 1. The zero-order chi connectivity index (χ0) is 16.2. The van der Waals surface area contributed by atoms with Gasteiger partial charge in [-0.2, -0.15) is 0 Å². The summed E-state index contributed by atoms with van der Waals surface area (Å²) in [6.07, 6.45) is -0.574. The molecule has 2 N–H and O–H groups in total. The molecule has 1 aromatic carbocycles. The molecule has 2 aliphatic rings. The number of nitrogens with one attached hydrogen (secondary N) is 1. The van der Waals surface area contributed by atoms with Crippen molar-refractivity contribution in [2.24, 2.45) is 5.16 Å². The smallest absolute Gasteiger partial charge is 0.407 e. The molecule has 8 heteroatoms. The molecule has 2 heterocycles. The molecule has 0 unspecified atom stereocenters. The Bertz CT molecular complexity index is 619. The number of oxime groups is 1. The van der Waals surface area contributed by atoms with E-state index in [0.717, 1.165) is 23.5 Å². The SMILES string of the molecule is CCN1CON=C1c1ccc2c(c1)OC[C@H]2NC(=O)OCCO. The molecule has 23 heavy (non-hydrogen) atoms. The Morgan fingerprint density at radius 3 is 3.22 bits per heavy atom. The molecule has 0 saturated carbocycles. The molecule has 0 fully saturated rings. The summed E-state index contributed by atoms with van der Waals surface area (Å²) >= 11 is 0. The number of alkyl carbamates (subject to hydrolysis) is 1. The normalized spacial score (nSPS) is 18.8. The van der Waals surface area contributed by atoms with Crippen LogP contribution in [0.25, 0.3) is 0 Å². The number of aliphatic hydroxyl groups is 1. The fourth-order valence-electron chi connectivity index (χ4n) is 2.55. The monoisotopic (exact) mass is 321 g/mol. The van der Waals surface area contributed by atoms with Gasteiger partial charge in [-0.3, -0.25) is 0 Å². The van der Waals surface area contributed by atoms with Gasteiger partial charge in [0.15, 0.2) is 12.6 Å². The van der Waals surface area contributed by atoms with Gasteiger partial charge in [0.25, 0.3) is 0 Å². The number of hydrogen-bond acceptors (Lipinski definition) is 7. The Morgan fingerprint density at radius 2 is 2.43 bits per heavy atom. The number of ether oxygens (including phenoxy) is 2. The minimum Gasteiger partial charge on any atom is -0.491 e. The van der Waals surface area contributed by atoms with E-state index in [0.29, 0.717) is 19.1 Å². The van der Waals surface area contributed by atoms with Crippen molar-refractivity contribution in [2.75, 3.05) is 33.1 Å². The van der Waals surface area contributed by atoms with Gasteiger partial charge in [-0.1, -0.05) is 17.3 Å². The fourth-order valence-corrected chi connectivity index (χ4v) is 2.55. The third kappa shape index (κ3) is 3.16. The molecule has 1 aromatic rings. The van der Waals surface area contributed by atoms with E-state index in [9.17, 15) is 4.79 Å². The lowest BCUT2D eigenvalue weighted by Crippen LogP contribution is -2.30. The summed E-state index contributed by atoms with van der Waals surface area (Å²) in [5.41, 5.74) is 1.80. The molecule has 8 nitrogen and oxygen atoms in total. The zero-order valence-electron chi connectivity index (χ0n) is 12.8. The van der Waals surface area contributed by atoms with Gasteiger partial charge in [0.05, 0.1) is 12.6 Å². The molecular formula is C15H19N3O5. The van der Waals surface area contributed by atoms with Gasteiger partial charge >= 0.3 is 6.09 Å². The first-order valence-electron chi connectivity index (χ1n) is 7.49. The van der Waals surface area contributed by atoms with Crippen LogP contribution in [-0.2, 0) is 9.57 Å². The van der Waals surface area contributed by atoms with E-state index in [4.69, 9.17) is 19.4 Å². The summed E-state index contributed by atoms with van der Waals surface area (Å²) in [7, 11) is 0. The predicted octanol–water partition coefficient (Wildman–Crippen LogP) is 0.810. The second-order valence-corrected chi connectivity index (χ2v) is 5.15. The average molecular weight is 321 g/mol. The summed E-state index contributed by atoms with van der Waals surface area (Å²) < 4.78 is 10.5. The highest BCUT2D eigenvalue weighted by Crippen LogP contribution is 2.33. The molecule has 0 aliphatic carbocycles. The van der Waals surface area contributed by atoms with Crippen LogP contribution < -0.4 is 10.1 Å². The molecule has 124 valence electrons. The molecule has 3 rings (SSSR count). The Labute approximate surface area is 133 Å². The minimum absolute atomic E-state index is 0.0299. The first-order valence-corrected chi connectivity index (χ1v) is 7.49. The number of amides is 1. The second kappa shape index (κ2) is 6.74. The van der Waals surface area contributed by atoms with Crippen LogP contribution in [0.2, 0.25) is 0 Å². The van der Waals surface area contributed by atoms with Crippen molar-refractivity contribution in [3.8, 4) is 5.75 Å². The van der Waals surface area contributed by atoms with E-state index in [1.165, 1.54) is 0 Å². The zero-order valence-corrected chi connectivity index (χ0v) is 12.8. The molecular weight excluding hydrogens is 302 g/mol. The van der Waals surface area contributed by atoms with Crippen molar-refractivity contribution >= 4 is 11.9 Å². The second-order valence-electron chi connectivity index (χ2n) is 5.15. The van der Waals surface area contributed by atoms with E-state index in [1.54, 1.807) is 0 Å². The number of amidine groups is 1. The Balaban J connectivity index is 1.72. The highest BCUT2D eigenvalue weighted by atomic mass is 16.7. The maximum atomic E-state index is 11.6. The lowest BCUT2D eigenvalue weighted by Gasteiger charge is -2.15. The van der Waals surface area contributed by atoms with Crippen molar-refractivity contribution in [2.45, 2.75) is 13.0 Å². The Hall–Kier alpha value is -2.48.